The third-order valence-electron chi connectivity index (χ3n) is 3.52. The van der Waals surface area contributed by atoms with E-state index in [1.54, 1.807) is 0 Å². The third kappa shape index (κ3) is 6.18. The Balaban J connectivity index is 0. The van der Waals surface area contributed by atoms with E-state index < -0.39 is 0 Å². The van der Waals surface area contributed by atoms with Crippen LogP contribution in [0.25, 0.3) is 0 Å². The molecule has 2 N–H and O–H groups in total. The molecule has 0 aromatic rings. The van der Waals surface area contributed by atoms with Crippen molar-refractivity contribution in [3.8, 4) is 0 Å². The lowest BCUT2D eigenvalue weighted by Gasteiger charge is -2.38. The molecule has 0 bridgehead atoms. The fraction of sp³-hybridized carbons (Fsp3) is 1.00. The Morgan fingerprint density at radius 3 is 1.94 bits per heavy atom. The lowest BCUT2D eigenvalue weighted by atomic mass is 10.0. The minimum absolute atomic E-state index is 0. The largest absolute Gasteiger partial charge is 1.00 e. The normalized spacial score (nSPS) is 13.3. The Hall–Kier alpha value is 0.360. The number of hydrogen-bond donors (Lipinski definition) is 2. The van der Waals surface area contributed by atoms with Crippen molar-refractivity contribution in [2.75, 3.05) is 21.1 Å². The summed E-state index contributed by atoms with van der Waals surface area (Å²) in [6.45, 7) is 4.54. The molecule has 0 saturated carbocycles. The first-order valence-electron chi connectivity index (χ1n) is 6.38. The van der Waals surface area contributed by atoms with Crippen LogP contribution in [0.2, 0.25) is 0 Å². The van der Waals surface area contributed by atoms with E-state index in [9.17, 15) is 0 Å². The van der Waals surface area contributed by atoms with Crippen molar-refractivity contribution in [1.29, 1.82) is 0 Å². The van der Waals surface area contributed by atoms with Gasteiger partial charge in [-0.1, -0.05) is 33.1 Å². The summed E-state index contributed by atoms with van der Waals surface area (Å²) in [5.41, 5.74) is 6.69. The third-order valence-corrected chi connectivity index (χ3v) is 3.52. The number of hydrogen-bond acceptors (Lipinski definition) is 2. The molecule has 0 aliphatic rings. The van der Waals surface area contributed by atoms with E-state index in [0.29, 0.717) is 6.04 Å². The number of unbranched alkanes of at least 4 members (excludes halogenated alkanes) is 3. The smallest absolute Gasteiger partial charge is 0.124 e. The Kier molecular flexibility index (Phi) is 12.3. The molecule has 1 atom stereocenters. The van der Waals surface area contributed by atoms with Gasteiger partial charge < -0.3 is 17.0 Å². The Morgan fingerprint density at radius 1 is 1.00 bits per heavy atom. The molecule has 1 unspecified atom stereocenters. The van der Waals surface area contributed by atoms with Crippen LogP contribution in [0.15, 0.2) is 0 Å². The second-order valence-corrected chi connectivity index (χ2v) is 4.43. The lowest BCUT2D eigenvalue weighted by molar-refractivity contribution is -1.01. The highest BCUT2D eigenvalue weighted by molar-refractivity contribution is 4.55. The van der Waals surface area contributed by atoms with Crippen LogP contribution >= 0.6 is 0 Å². The van der Waals surface area contributed by atoms with Gasteiger partial charge >= 0.3 is 0 Å². The first-order valence-corrected chi connectivity index (χ1v) is 6.38. The van der Waals surface area contributed by atoms with E-state index in [1.807, 2.05) is 14.1 Å². The maximum Gasteiger partial charge on any atom is 0.124 e. The van der Waals surface area contributed by atoms with E-state index >= 15 is 0 Å². The standard InChI is InChI=1S/C12H30N3.BrH/c1-6-8-9-10-11-12(7-2)15(5,13-3)14-4;/h12-14H,6-11H2,1-5H3;1H/q+1;/p-1. The zero-order chi connectivity index (χ0) is 11.7. The molecule has 0 rings (SSSR count). The van der Waals surface area contributed by atoms with Crippen LogP contribution in [-0.4, -0.2) is 31.9 Å². The van der Waals surface area contributed by atoms with Gasteiger partial charge in [0, 0.05) is 26.9 Å². The number of quaternary nitrogens is 1. The average Bonchev–Trinajstić information content (AvgIpc) is 2.28. The molecule has 0 saturated heterocycles. The summed E-state index contributed by atoms with van der Waals surface area (Å²) in [7, 11) is 6.24. The maximum atomic E-state index is 3.35. The fourth-order valence-electron chi connectivity index (χ4n) is 2.11. The molecule has 0 aromatic carbocycles. The number of nitrogens with zero attached hydrogens (tertiary/aromatic N) is 1. The topological polar surface area (TPSA) is 24.1 Å². The summed E-state index contributed by atoms with van der Waals surface area (Å²) in [5, 5.41) is 0. The van der Waals surface area contributed by atoms with Crippen LogP contribution in [0.3, 0.4) is 0 Å². The number of halogens is 1. The molecule has 0 heterocycles. The Bertz CT molecular complexity index is 149. The van der Waals surface area contributed by atoms with Crippen molar-refractivity contribution in [3.05, 3.63) is 0 Å². The predicted octanol–water partition coefficient (Wildman–Crippen LogP) is -0.545. The molecule has 0 aromatic heterocycles. The highest BCUT2D eigenvalue weighted by atomic mass is 79.9. The summed E-state index contributed by atoms with van der Waals surface area (Å²) >= 11 is 0. The van der Waals surface area contributed by atoms with Crippen molar-refractivity contribution < 1.29 is 21.7 Å². The summed E-state index contributed by atoms with van der Waals surface area (Å²) in [4.78, 5) is 0. The summed E-state index contributed by atoms with van der Waals surface area (Å²) in [5.74, 6) is 0. The molecule has 0 amide bonds. The van der Waals surface area contributed by atoms with Gasteiger partial charge in [-0.25, -0.2) is 0 Å². The predicted molar refractivity (Wildman–Crippen MR) is 67.1 cm³/mol. The van der Waals surface area contributed by atoms with Gasteiger partial charge in [0.05, 0.1) is 0 Å². The highest BCUT2D eigenvalue weighted by Gasteiger charge is 2.28. The summed E-state index contributed by atoms with van der Waals surface area (Å²) in [6.07, 6.45) is 7.93. The van der Waals surface area contributed by atoms with Crippen molar-refractivity contribution in [1.82, 2.24) is 10.9 Å². The van der Waals surface area contributed by atoms with Crippen LogP contribution in [0.4, 0.5) is 0 Å². The average molecular weight is 296 g/mol. The van der Waals surface area contributed by atoms with E-state index in [0.717, 1.165) is 4.70 Å². The molecule has 0 fully saturated rings. The van der Waals surface area contributed by atoms with E-state index in [4.69, 9.17) is 0 Å². The monoisotopic (exact) mass is 295 g/mol. The van der Waals surface area contributed by atoms with Crippen molar-refractivity contribution in [3.63, 3.8) is 0 Å². The fourth-order valence-corrected chi connectivity index (χ4v) is 2.11. The van der Waals surface area contributed by atoms with Gasteiger partial charge in [-0.3, -0.25) is 0 Å². The first-order chi connectivity index (χ1) is 7.14. The second kappa shape index (κ2) is 10.5. The number of nitrogens with one attached hydrogen (secondary N) is 2. The Morgan fingerprint density at radius 2 is 1.56 bits per heavy atom. The van der Waals surface area contributed by atoms with E-state index in [1.165, 1.54) is 38.5 Å². The second-order valence-electron chi connectivity index (χ2n) is 4.43. The van der Waals surface area contributed by atoms with E-state index in [2.05, 4.69) is 31.7 Å². The number of rotatable bonds is 9. The minimum Gasteiger partial charge on any atom is -1.00 e. The lowest BCUT2D eigenvalue weighted by Crippen LogP contribution is -3.00. The van der Waals surface area contributed by atoms with Crippen molar-refractivity contribution in [2.24, 2.45) is 0 Å². The van der Waals surface area contributed by atoms with Crippen LogP contribution in [0.5, 0.6) is 0 Å². The SMILES string of the molecule is CCCCCCC(CC)[N+](C)(NC)NC.[Br-]. The Labute approximate surface area is 112 Å². The zero-order valence-electron chi connectivity index (χ0n) is 11.6. The van der Waals surface area contributed by atoms with Gasteiger partial charge in [0.25, 0.3) is 0 Å². The van der Waals surface area contributed by atoms with Crippen LogP contribution in [-0.2, 0) is 0 Å². The van der Waals surface area contributed by atoms with Gasteiger partial charge in [0.1, 0.15) is 13.1 Å². The van der Waals surface area contributed by atoms with Crippen molar-refractivity contribution >= 4 is 0 Å². The summed E-state index contributed by atoms with van der Waals surface area (Å²) in [6, 6.07) is 0.664. The first kappa shape index (κ1) is 18.7. The van der Waals surface area contributed by atoms with Gasteiger partial charge in [0.15, 0.2) is 0 Å². The molecule has 0 radical (unpaired) electrons. The van der Waals surface area contributed by atoms with Gasteiger partial charge in [-0.15, -0.1) is 0 Å². The molecule has 0 spiro atoms. The van der Waals surface area contributed by atoms with Crippen LogP contribution < -0.4 is 27.8 Å². The van der Waals surface area contributed by atoms with Gasteiger partial charge in [-0.2, -0.15) is 15.6 Å². The minimum atomic E-state index is 0. The molecule has 100 valence electrons. The van der Waals surface area contributed by atoms with Crippen LogP contribution in [0, 0.1) is 0 Å². The molecule has 0 aliphatic carbocycles. The van der Waals surface area contributed by atoms with Gasteiger partial charge in [0.2, 0.25) is 0 Å². The van der Waals surface area contributed by atoms with Crippen LogP contribution in [0.1, 0.15) is 52.4 Å². The van der Waals surface area contributed by atoms with Gasteiger partial charge in [-0.05, 0) is 6.42 Å². The molecular formula is C12H30BrN3. The molecular weight excluding hydrogens is 266 g/mol. The van der Waals surface area contributed by atoms with E-state index in [-0.39, 0.29) is 17.0 Å². The maximum absolute atomic E-state index is 3.35. The molecule has 3 nitrogen and oxygen atoms in total. The highest BCUT2D eigenvalue weighted by Crippen LogP contribution is 2.15. The zero-order valence-corrected chi connectivity index (χ0v) is 13.2. The molecule has 4 heteroatoms. The van der Waals surface area contributed by atoms with Crippen molar-refractivity contribution in [2.45, 2.75) is 58.4 Å². The quantitative estimate of drug-likeness (QED) is 0.339. The summed E-state index contributed by atoms with van der Waals surface area (Å²) < 4.78 is 0.766. The molecule has 0 aliphatic heterocycles. The molecule has 16 heavy (non-hydrogen) atoms.